The Bertz CT molecular complexity index is 1230. The van der Waals surface area contributed by atoms with Crippen LogP contribution in [0, 0.1) is 26.6 Å². The molecule has 0 fully saturated rings. The number of carboxylic acid groups (broad SMARTS) is 1. The summed E-state index contributed by atoms with van der Waals surface area (Å²) in [6, 6.07) is 16.9. The Labute approximate surface area is 219 Å². The zero-order valence-electron chi connectivity index (χ0n) is 22.6. The molecule has 0 aliphatic carbocycles. The molecule has 0 saturated heterocycles. The Morgan fingerprint density at radius 3 is 2.30 bits per heavy atom. The molecule has 37 heavy (non-hydrogen) atoms. The molecular weight excluding hydrogens is 469 g/mol. The van der Waals surface area contributed by atoms with Gasteiger partial charge in [0.1, 0.15) is 5.82 Å². The number of carboxylic acids is 1. The Morgan fingerprint density at radius 2 is 1.68 bits per heavy atom. The van der Waals surface area contributed by atoms with Crippen molar-refractivity contribution in [2.24, 2.45) is 0 Å². The lowest BCUT2D eigenvalue weighted by atomic mass is 9.92. The summed E-state index contributed by atoms with van der Waals surface area (Å²) in [6.07, 6.45) is -0.377. The first-order valence-electron chi connectivity index (χ1n) is 12.6. The summed E-state index contributed by atoms with van der Waals surface area (Å²) < 4.78 is 20.0. The maximum atomic E-state index is 13.9. The predicted octanol–water partition coefficient (Wildman–Crippen LogP) is 6.17. The summed E-state index contributed by atoms with van der Waals surface area (Å²) in [5.41, 5.74) is 5.81. The van der Waals surface area contributed by atoms with Crippen LogP contribution in [0.15, 0.2) is 54.6 Å². The fourth-order valence-corrected chi connectivity index (χ4v) is 4.69. The lowest BCUT2D eigenvalue weighted by Crippen LogP contribution is -2.46. The number of hydrogen-bond acceptors (Lipinski definition) is 4. The molecular formula is C31H38FNO4. The normalized spacial score (nSPS) is 13.4. The molecule has 0 aliphatic rings. The number of aromatic carboxylic acids is 1. The number of benzene rings is 3. The maximum absolute atomic E-state index is 13.9. The minimum absolute atomic E-state index is 0.147. The van der Waals surface area contributed by atoms with Gasteiger partial charge in [-0.05, 0) is 93.0 Å². The second kappa shape index (κ2) is 12.0. The molecule has 0 aromatic heterocycles. The number of halogens is 1. The maximum Gasteiger partial charge on any atom is 0.336 e. The number of aryl methyl sites for hydroxylation is 3. The Hall–Kier alpha value is -3.06. The number of ether oxygens (including phenoxy) is 1. The average molecular weight is 508 g/mol. The van der Waals surface area contributed by atoms with Crippen LogP contribution in [-0.2, 0) is 11.2 Å². The SMILES string of the molecule is Cc1ccc(CC(C)(C)NC[C@H](O)COC(C)c2ccccc2-c2cc(C)c(C(=O)O)c(C)c2)cc1F. The van der Waals surface area contributed by atoms with Gasteiger partial charge in [0.2, 0.25) is 0 Å². The van der Waals surface area contributed by atoms with Gasteiger partial charge in [0, 0.05) is 12.1 Å². The third-order valence-corrected chi connectivity index (χ3v) is 6.69. The van der Waals surface area contributed by atoms with E-state index in [-0.39, 0.29) is 24.1 Å². The van der Waals surface area contributed by atoms with Gasteiger partial charge in [-0.15, -0.1) is 0 Å². The van der Waals surface area contributed by atoms with E-state index in [0.29, 0.717) is 35.2 Å². The van der Waals surface area contributed by atoms with E-state index in [1.54, 1.807) is 19.1 Å². The van der Waals surface area contributed by atoms with Crippen LogP contribution in [0.25, 0.3) is 11.1 Å². The van der Waals surface area contributed by atoms with Crippen molar-refractivity contribution in [3.63, 3.8) is 0 Å². The highest BCUT2D eigenvalue weighted by atomic mass is 19.1. The molecule has 6 heteroatoms. The number of nitrogens with one attached hydrogen (secondary N) is 1. The van der Waals surface area contributed by atoms with Crippen LogP contribution < -0.4 is 5.32 Å². The second-order valence-electron chi connectivity index (χ2n) is 10.5. The largest absolute Gasteiger partial charge is 0.478 e. The van der Waals surface area contributed by atoms with Gasteiger partial charge in [-0.3, -0.25) is 0 Å². The van der Waals surface area contributed by atoms with Crippen LogP contribution in [0.3, 0.4) is 0 Å². The van der Waals surface area contributed by atoms with Gasteiger partial charge in [-0.1, -0.05) is 48.5 Å². The standard InChI is InChI=1S/C31H38FNO4/c1-19-11-12-23(15-28(19)32)16-31(5,6)33-17-25(34)18-37-22(4)26-9-7-8-10-27(26)24-13-20(2)29(30(35)36)21(3)14-24/h7-15,22,25,33-34H,16-18H2,1-6H3,(H,35,36)/t22?,25-/m0/s1. The summed E-state index contributed by atoms with van der Waals surface area (Å²) in [7, 11) is 0. The van der Waals surface area contributed by atoms with E-state index < -0.39 is 12.1 Å². The third kappa shape index (κ3) is 7.48. The summed E-state index contributed by atoms with van der Waals surface area (Å²) in [5.74, 6) is -1.14. The topological polar surface area (TPSA) is 78.8 Å². The Morgan fingerprint density at radius 1 is 1.03 bits per heavy atom. The van der Waals surface area contributed by atoms with E-state index in [9.17, 15) is 19.4 Å². The number of β-amino-alcohol motifs (C(OH)–C–C–N with tert-alkyl or cyclic N) is 1. The van der Waals surface area contributed by atoms with E-state index in [1.807, 2.05) is 77.1 Å². The first kappa shape index (κ1) is 28.5. The van der Waals surface area contributed by atoms with Crippen molar-refractivity contribution in [3.8, 4) is 11.1 Å². The van der Waals surface area contributed by atoms with Gasteiger partial charge >= 0.3 is 5.97 Å². The minimum atomic E-state index is -0.927. The van der Waals surface area contributed by atoms with E-state index in [1.165, 1.54) is 0 Å². The van der Waals surface area contributed by atoms with Gasteiger partial charge in [-0.2, -0.15) is 0 Å². The molecule has 0 saturated carbocycles. The number of hydrogen-bond donors (Lipinski definition) is 3. The number of aliphatic hydroxyl groups is 1. The van der Waals surface area contributed by atoms with Crippen LogP contribution >= 0.6 is 0 Å². The van der Waals surface area contributed by atoms with Gasteiger partial charge in [0.15, 0.2) is 0 Å². The highest BCUT2D eigenvalue weighted by Crippen LogP contribution is 2.32. The Balaban J connectivity index is 1.62. The molecule has 3 aromatic rings. The van der Waals surface area contributed by atoms with E-state index >= 15 is 0 Å². The summed E-state index contributed by atoms with van der Waals surface area (Å²) in [5, 5.41) is 23.5. The molecule has 0 bridgehead atoms. The second-order valence-corrected chi connectivity index (χ2v) is 10.5. The molecule has 3 N–H and O–H groups in total. The molecule has 0 aliphatic heterocycles. The van der Waals surface area contributed by atoms with E-state index in [4.69, 9.17) is 4.74 Å². The lowest BCUT2D eigenvalue weighted by molar-refractivity contribution is -0.00397. The fourth-order valence-electron chi connectivity index (χ4n) is 4.69. The van der Waals surface area contributed by atoms with Gasteiger partial charge < -0.3 is 20.3 Å². The molecule has 2 atom stereocenters. The summed E-state index contributed by atoms with van der Waals surface area (Å²) in [4.78, 5) is 11.6. The van der Waals surface area contributed by atoms with Crippen molar-refractivity contribution in [1.29, 1.82) is 0 Å². The molecule has 0 amide bonds. The van der Waals surface area contributed by atoms with Crippen LogP contribution in [0.1, 0.15) is 65.1 Å². The fraction of sp³-hybridized carbons (Fsp3) is 0.387. The molecule has 5 nitrogen and oxygen atoms in total. The number of rotatable bonds is 11. The first-order valence-corrected chi connectivity index (χ1v) is 12.6. The predicted molar refractivity (Wildman–Crippen MR) is 146 cm³/mol. The smallest absolute Gasteiger partial charge is 0.336 e. The number of aliphatic hydroxyl groups excluding tert-OH is 1. The lowest BCUT2D eigenvalue weighted by Gasteiger charge is -2.28. The van der Waals surface area contributed by atoms with Crippen LogP contribution in [0.4, 0.5) is 4.39 Å². The van der Waals surface area contributed by atoms with Crippen LogP contribution in [0.5, 0.6) is 0 Å². The van der Waals surface area contributed by atoms with Gasteiger partial charge in [0.05, 0.1) is 24.4 Å². The molecule has 0 radical (unpaired) electrons. The first-order chi connectivity index (χ1) is 17.4. The van der Waals surface area contributed by atoms with Crippen molar-refractivity contribution < 1.29 is 24.1 Å². The van der Waals surface area contributed by atoms with Crippen LogP contribution in [0.2, 0.25) is 0 Å². The zero-order chi connectivity index (χ0) is 27.3. The minimum Gasteiger partial charge on any atom is -0.478 e. The van der Waals surface area contributed by atoms with E-state index in [0.717, 1.165) is 22.3 Å². The van der Waals surface area contributed by atoms with Crippen molar-refractivity contribution in [2.45, 2.75) is 65.7 Å². The molecule has 0 spiro atoms. The Kier molecular flexibility index (Phi) is 9.24. The molecule has 1 unspecified atom stereocenters. The highest BCUT2D eigenvalue weighted by molar-refractivity contribution is 5.92. The molecule has 3 rings (SSSR count). The molecule has 0 heterocycles. The van der Waals surface area contributed by atoms with Gasteiger partial charge in [-0.25, -0.2) is 9.18 Å². The van der Waals surface area contributed by atoms with Gasteiger partial charge in [0.25, 0.3) is 0 Å². The number of carbonyl (C=O) groups is 1. The van der Waals surface area contributed by atoms with E-state index in [2.05, 4.69) is 5.32 Å². The highest BCUT2D eigenvalue weighted by Gasteiger charge is 2.21. The van der Waals surface area contributed by atoms with Crippen molar-refractivity contribution in [3.05, 3.63) is 93.8 Å². The van der Waals surface area contributed by atoms with Crippen molar-refractivity contribution in [2.75, 3.05) is 13.2 Å². The molecule has 198 valence electrons. The van der Waals surface area contributed by atoms with Crippen molar-refractivity contribution in [1.82, 2.24) is 5.32 Å². The van der Waals surface area contributed by atoms with Crippen molar-refractivity contribution >= 4 is 5.97 Å². The average Bonchev–Trinajstić information content (AvgIpc) is 2.82. The monoisotopic (exact) mass is 507 g/mol. The summed E-state index contributed by atoms with van der Waals surface area (Å²) >= 11 is 0. The van der Waals surface area contributed by atoms with Crippen LogP contribution in [-0.4, -0.2) is 41.0 Å². The quantitative estimate of drug-likeness (QED) is 0.289. The molecule has 3 aromatic carbocycles. The zero-order valence-corrected chi connectivity index (χ0v) is 22.6. The third-order valence-electron chi connectivity index (χ3n) is 6.69. The summed E-state index contributed by atoms with van der Waals surface area (Å²) in [6.45, 7) is 11.8.